The van der Waals surface area contributed by atoms with E-state index in [0.29, 0.717) is 0 Å². The molecule has 114 valence electrons. The molecule has 0 aliphatic carbocycles. The molecule has 0 amide bonds. The van der Waals surface area contributed by atoms with Crippen LogP contribution in [0, 0.1) is 0 Å². The first-order valence-corrected chi connectivity index (χ1v) is 8.71. The Bertz CT molecular complexity index is 914. The molecule has 6 nitrogen and oxygen atoms in total. The number of rotatable bonds is 4. The lowest BCUT2D eigenvalue weighted by Gasteiger charge is -2.04. The van der Waals surface area contributed by atoms with Crippen LogP contribution in [0.2, 0.25) is 0 Å². The fraction of sp³-hybridized carbons (Fsp3) is 0.133. The summed E-state index contributed by atoms with van der Waals surface area (Å²) in [5.74, 6) is 0.726. The van der Waals surface area contributed by atoms with Gasteiger partial charge in [-0.3, -0.25) is 4.98 Å². The summed E-state index contributed by atoms with van der Waals surface area (Å²) in [6, 6.07) is 8.12. The number of hydrogen-bond acceptors (Lipinski definition) is 7. The fourth-order valence-corrected chi connectivity index (χ4v) is 4.29. The number of nitrogens with zero attached hydrogens (tertiary/aromatic N) is 6. The van der Waals surface area contributed by atoms with Gasteiger partial charge in [-0.25, -0.2) is 9.97 Å². The maximum Gasteiger partial charge on any atom is 0.198 e. The molecule has 8 heteroatoms. The van der Waals surface area contributed by atoms with Crippen molar-refractivity contribution in [2.45, 2.75) is 23.0 Å². The van der Waals surface area contributed by atoms with Gasteiger partial charge in [0, 0.05) is 18.9 Å². The van der Waals surface area contributed by atoms with Gasteiger partial charge in [0.25, 0.3) is 0 Å². The molecule has 23 heavy (non-hydrogen) atoms. The van der Waals surface area contributed by atoms with Gasteiger partial charge in [0.2, 0.25) is 0 Å². The van der Waals surface area contributed by atoms with Crippen LogP contribution in [0.15, 0.2) is 52.4 Å². The van der Waals surface area contributed by atoms with E-state index in [1.54, 1.807) is 29.9 Å². The standard InChI is InChI=1S/C15H12N6S2/c1-2-21-13(11-9-16-7-8-17-11)19-20-14(21)23-15-18-10-5-3-4-6-12(10)22-15/h3-9H,2H2,1H3. The molecule has 0 atom stereocenters. The summed E-state index contributed by atoms with van der Waals surface area (Å²) < 4.78 is 4.16. The van der Waals surface area contributed by atoms with Gasteiger partial charge in [-0.2, -0.15) is 0 Å². The highest BCUT2D eigenvalue weighted by molar-refractivity contribution is 8.01. The van der Waals surface area contributed by atoms with Crippen LogP contribution in [0.3, 0.4) is 0 Å². The second kappa shape index (κ2) is 6.05. The summed E-state index contributed by atoms with van der Waals surface area (Å²) in [6.07, 6.45) is 5.00. The Balaban J connectivity index is 1.70. The molecule has 3 aromatic heterocycles. The zero-order valence-electron chi connectivity index (χ0n) is 12.2. The summed E-state index contributed by atoms with van der Waals surface area (Å²) in [6.45, 7) is 2.82. The number of hydrogen-bond donors (Lipinski definition) is 0. The number of para-hydroxylation sites is 1. The van der Waals surface area contributed by atoms with E-state index in [9.17, 15) is 0 Å². The summed E-state index contributed by atoms with van der Waals surface area (Å²) in [5, 5.41) is 9.39. The van der Waals surface area contributed by atoms with Gasteiger partial charge in [-0.05, 0) is 30.8 Å². The molecule has 0 aliphatic rings. The minimum Gasteiger partial charge on any atom is -0.301 e. The summed E-state index contributed by atoms with van der Waals surface area (Å²) in [7, 11) is 0. The highest BCUT2D eigenvalue weighted by atomic mass is 32.2. The topological polar surface area (TPSA) is 69.4 Å². The molecule has 4 aromatic rings. The first-order chi connectivity index (χ1) is 11.3. The molecule has 0 saturated heterocycles. The average molecular weight is 340 g/mol. The summed E-state index contributed by atoms with van der Waals surface area (Å²) >= 11 is 3.19. The lowest BCUT2D eigenvalue weighted by molar-refractivity contribution is 0.685. The quantitative estimate of drug-likeness (QED) is 0.566. The van der Waals surface area contributed by atoms with Crippen molar-refractivity contribution in [2.24, 2.45) is 0 Å². The van der Waals surface area contributed by atoms with Gasteiger partial charge in [0.05, 0.1) is 16.4 Å². The third-order valence-electron chi connectivity index (χ3n) is 3.28. The minimum atomic E-state index is 0.720. The van der Waals surface area contributed by atoms with E-state index in [4.69, 9.17) is 0 Å². The summed E-state index contributed by atoms with van der Waals surface area (Å²) in [4.78, 5) is 13.0. The molecule has 3 heterocycles. The Morgan fingerprint density at radius 1 is 1.17 bits per heavy atom. The first kappa shape index (κ1) is 14.3. The van der Waals surface area contributed by atoms with Gasteiger partial charge in [-0.1, -0.05) is 12.1 Å². The van der Waals surface area contributed by atoms with Crippen molar-refractivity contribution in [1.29, 1.82) is 0 Å². The third kappa shape index (κ3) is 2.71. The lowest BCUT2D eigenvalue weighted by Crippen LogP contribution is -2.00. The van der Waals surface area contributed by atoms with Crippen LogP contribution in [0.1, 0.15) is 6.92 Å². The molecular weight excluding hydrogens is 328 g/mol. The largest absolute Gasteiger partial charge is 0.301 e. The molecular formula is C15H12N6S2. The normalized spacial score (nSPS) is 11.2. The van der Waals surface area contributed by atoms with Crippen molar-refractivity contribution in [3.63, 3.8) is 0 Å². The Kier molecular flexibility index (Phi) is 3.76. The molecule has 4 rings (SSSR count). The second-order valence-electron chi connectivity index (χ2n) is 4.69. The van der Waals surface area contributed by atoms with Crippen molar-refractivity contribution >= 4 is 33.3 Å². The molecule has 0 radical (unpaired) electrons. The fourth-order valence-electron chi connectivity index (χ4n) is 2.23. The van der Waals surface area contributed by atoms with E-state index in [1.165, 1.54) is 16.5 Å². The predicted octanol–water partition coefficient (Wildman–Crippen LogP) is 3.52. The van der Waals surface area contributed by atoms with Crippen LogP contribution in [0.5, 0.6) is 0 Å². The highest BCUT2D eigenvalue weighted by Crippen LogP contribution is 2.34. The number of thiazole rings is 1. The van der Waals surface area contributed by atoms with Gasteiger partial charge in [0.1, 0.15) is 5.69 Å². The van der Waals surface area contributed by atoms with Gasteiger partial charge < -0.3 is 4.57 Å². The Hall–Kier alpha value is -2.32. The van der Waals surface area contributed by atoms with Crippen molar-refractivity contribution in [1.82, 2.24) is 29.7 Å². The molecule has 0 aliphatic heterocycles. The molecule has 0 saturated carbocycles. The minimum absolute atomic E-state index is 0.720. The maximum absolute atomic E-state index is 4.64. The van der Waals surface area contributed by atoms with Crippen molar-refractivity contribution in [3.05, 3.63) is 42.9 Å². The van der Waals surface area contributed by atoms with Crippen molar-refractivity contribution < 1.29 is 0 Å². The zero-order chi connectivity index (χ0) is 15.6. The molecule has 0 spiro atoms. The SMILES string of the molecule is CCn1c(Sc2nc3ccccc3s2)nnc1-c1cnccn1. The van der Waals surface area contributed by atoms with E-state index < -0.39 is 0 Å². The number of fused-ring (bicyclic) bond motifs is 1. The number of aromatic nitrogens is 6. The second-order valence-corrected chi connectivity index (χ2v) is 6.94. The van der Waals surface area contributed by atoms with Gasteiger partial charge in [-0.15, -0.1) is 21.5 Å². The van der Waals surface area contributed by atoms with Gasteiger partial charge in [0.15, 0.2) is 15.3 Å². The smallest absolute Gasteiger partial charge is 0.198 e. The maximum atomic E-state index is 4.64. The van der Waals surface area contributed by atoms with Crippen LogP contribution in [-0.4, -0.2) is 29.7 Å². The van der Waals surface area contributed by atoms with E-state index in [2.05, 4.69) is 38.1 Å². The Morgan fingerprint density at radius 2 is 2.09 bits per heavy atom. The lowest BCUT2D eigenvalue weighted by atomic mass is 10.3. The number of benzene rings is 1. The molecule has 0 N–H and O–H groups in total. The highest BCUT2D eigenvalue weighted by Gasteiger charge is 2.16. The van der Waals surface area contributed by atoms with Crippen LogP contribution >= 0.6 is 23.1 Å². The monoisotopic (exact) mass is 340 g/mol. The Labute approximate surface area is 140 Å². The van der Waals surface area contributed by atoms with Gasteiger partial charge >= 0.3 is 0 Å². The van der Waals surface area contributed by atoms with E-state index in [-0.39, 0.29) is 0 Å². The average Bonchev–Trinajstić information content (AvgIpc) is 3.19. The van der Waals surface area contributed by atoms with Crippen molar-refractivity contribution in [2.75, 3.05) is 0 Å². The molecule has 0 fully saturated rings. The van der Waals surface area contributed by atoms with Crippen LogP contribution in [-0.2, 0) is 6.54 Å². The zero-order valence-corrected chi connectivity index (χ0v) is 13.9. The first-order valence-electron chi connectivity index (χ1n) is 7.08. The van der Waals surface area contributed by atoms with E-state index in [1.807, 2.05) is 22.8 Å². The Morgan fingerprint density at radius 3 is 2.87 bits per heavy atom. The van der Waals surface area contributed by atoms with Crippen LogP contribution in [0.25, 0.3) is 21.7 Å². The van der Waals surface area contributed by atoms with Crippen LogP contribution in [0.4, 0.5) is 0 Å². The van der Waals surface area contributed by atoms with Crippen molar-refractivity contribution in [3.8, 4) is 11.5 Å². The molecule has 0 unspecified atom stereocenters. The van der Waals surface area contributed by atoms with E-state index in [0.717, 1.165) is 33.1 Å². The molecule has 0 bridgehead atoms. The predicted molar refractivity (Wildman–Crippen MR) is 90.5 cm³/mol. The third-order valence-corrected chi connectivity index (χ3v) is 5.36. The summed E-state index contributed by atoms with van der Waals surface area (Å²) in [5.41, 5.74) is 1.73. The molecule has 1 aromatic carbocycles. The van der Waals surface area contributed by atoms with Crippen LogP contribution < -0.4 is 0 Å². The van der Waals surface area contributed by atoms with E-state index >= 15 is 0 Å².